The average Bonchev–Trinajstić information content (AvgIpc) is 2.71. The van der Waals surface area contributed by atoms with Gasteiger partial charge in [0.15, 0.2) is 11.2 Å². The van der Waals surface area contributed by atoms with Gasteiger partial charge in [-0.05, 0) is 29.8 Å². The molecule has 1 aromatic heterocycles. The number of hydrogen-bond donors (Lipinski definition) is 1. The predicted octanol–water partition coefficient (Wildman–Crippen LogP) is 3.21. The van der Waals surface area contributed by atoms with E-state index in [-0.39, 0.29) is 11.2 Å². The second-order valence-electron chi connectivity index (χ2n) is 6.94. The number of piperidine rings is 1. The van der Waals surface area contributed by atoms with E-state index in [0.717, 1.165) is 25.2 Å². The van der Waals surface area contributed by atoms with Gasteiger partial charge in [0.1, 0.15) is 11.4 Å². The van der Waals surface area contributed by atoms with E-state index in [9.17, 15) is 14.4 Å². The maximum atomic E-state index is 12.5. The number of ketones is 1. The van der Waals surface area contributed by atoms with E-state index >= 15 is 0 Å². The summed E-state index contributed by atoms with van der Waals surface area (Å²) in [4.78, 5) is 38.2. The Labute approximate surface area is 161 Å². The third kappa shape index (κ3) is 4.02. The Morgan fingerprint density at radius 2 is 1.71 bits per heavy atom. The predicted molar refractivity (Wildman–Crippen MR) is 106 cm³/mol. The summed E-state index contributed by atoms with van der Waals surface area (Å²) in [6, 6.07) is 15.6. The topological polar surface area (TPSA) is 79.6 Å². The number of carbonyl (C=O) groups excluding carboxylic acids is 2. The Balaban J connectivity index is 1.43. The van der Waals surface area contributed by atoms with Crippen LogP contribution in [0.2, 0.25) is 0 Å². The number of rotatable bonds is 4. The monoisotopic (exact) mass is 376 g/mol. The van der Waals surface area contributed by atoms with Crippen LogP contribution < -0.4 is 10.7 Å². The van der Waals surface area contributed by atoms with Crippen molar-refractivity contribution >= 4 is 28.3 Å². The largest absolute Gasteiger partial charge is 0.451 e. The Morgan fingerprint density at radius 1 is 1.00 bits per heavy atom. The first-order valence-corrected chi connectivity index (χ1v) is 9.26. The van der Waals surface area contributed by atoms with Gasteiger partial charge >= 0.3 is 0 Å². The molecule has 2 aromatic carbocycles. The van der Waals surface area contributed by atoms with Crippen LogP contribution >= 0.6 is 0 Å². The molecule has 1 aliphatic rings. The highest BCUT2D eigenvalue weighted by Gasteiger charge is 2.16. The zero-order valence-electron chi connectivity index (χ0n) is 15.3. The van der Waals surface area contributed by atoms with Crippen molar-refractivity contribution in [2.75, 3.05) is 18.4 Å². The number of benzene rings is 2. The molecule has 0 unspecified atom stereocenters. The molecule has 6 heteroatoms. The van der Waals surface area contributed by atoms with Crippen molar-refractivity contribution in [2.24, 2.45) is 0 Å². The molecule has 3 aromatic rings. The molecule has 0 saturated carbocycles. The molecule has 142 valence electrons. The van der Waals surface area contributed by atoms with Crippen LogP contribution in [0, 0.1) is 0 Å². The number of Topliss-reactive ketones (excluding diaryl/α,β-unsaturated/α-hetero) is 1. The van der Waals surface area contributed by atoms with Gasteiger partial charge in [-0.25, -0.2) is 0 Å². The molecule has 6 nitrogen and oxygen atoms in total. The van der Waals surface area contributed by atoms with Gasteiger partial charge in [-0.1, -0.05) is 24.3 Å². The molecule has 0 spiro atoms. The second-order valence-corrected chi connectivity index (χ2v) is 6.94. The summed E-state index contributed by atoms with van der Waals surface area (Å²) < 4.78 is 5.56. The van der Waals surface area contributed by atoms with Crippen LogP contribution in [0.4, 0.5) is 5.69 Å². The summed E-state index contributed by atoms with van der Waals surface area (Å²) in [7, 11) is 0. The molecular formula is C22H20N2O4. The molecule has 1 amide bonds. The number of nitrogens with one attached hydrogen (secondary N) is 1. The molecule has 28 heavy (non-hydrogen) atoms. The molecule has 4 rings (SSSR count). The summed E-state index contributed by atoms with van der Waals surface area (Å²) in [6.07, 6.45) is 1.23. The number of para-hydroxylation sites is 1. The van der Waals surface area contributed by atoms with Crippen molar-refractivity contribution in [2.45, 2.75) is 19.4 Å². The van der Waals surface area contributed by atoms with Crippen molar-refractivity contribution < 1.29 is 14.0 Å². The van der Waals surface area contributed by atoms with E-state index in [1.54, 1.807) is 24.3 Å². The van der Waals surface area contributed by atoms with Crippen LogP contribution in [0.5, 0.6) is 0 Å². The zero-order valence-corrected chi connectivity index (χ0v) is 15.3. The van der Waals surface area contributed by atoms with Gasteiger partial charge in [-0.15, -0.1) is 0 Å². The lowest BCUT2D eigenvalue weighted by Crippen LogP contribution is -2.33. The minimum Gasteiger partial charge on any atom is -0.451 e. The third-order valence-electron chi connectivity index (χ3n) is 4.89. The summed E-state index contributed by atoms with van der Waals surface area (Å²) in [5.74, 6) is -0.162. The van der Waals surface area contributed by atoms with E-state index < -0.39 is 5.91 Å². The first-order valence-electron chi connectivity index (χ1n) is 9.26. The fourth-order valence-corrected chi connectivity index (χ4v) is 3.32. The lowest BCUT2D eigenvalue weighted by atomic mass is 10.1. The first-order chi connectivity index (χ1) is 13.6. The maximum Gasteiger partial charge on any atom is 0.291 e. The smallest absolute Gasteiger partial charge is 0.291 e. The number of hydrogen-bond acceptors (Lipinski definition) is 5. The van der Waals surface area contributed by atoms with Crippen molar-refractivity contribution in [3.8, 4) is 0 Å². The van der Waals surface area contributed by atoms with E-state index in [0.29, 0.717) is 35.3 Å². The first kappa shape index (κ1) is 18.1. The van der Waals surface area contributed by atoms with Crippen LogP contribution in [0.25, 0.3) is 11.0 Å². The molecule has 0 bridgehead atoms. The molecule has 1 N–H and O–H groups in total. The SMILES string of the molecule is O=C1CCN(Cc2ccc(NC(=O)c3cc(=O)c4ccccc4o3)cc2)CC1. The highest BCUT2D eigenvalue weighted by atomic mass is 16.3. The lowest BCUT2D eigenvalue weighted by Gasteiger charge is -2.25. The van der Waals surface area contributed by atoms with E-state index in [1.807, 2.05) is 24.3 Å². The minimum atomic E-state index is -0.467. The Hall–Kier alpha value is -3.25. The average molecular weight is 376 g/mol. The normalized spacial score (nSPS) is 14.9. The number of fused-ring (bicyclic) bond motifs is 1. The number of carbonyl (C=O) groups is 2. The highest BCUT2D eigenvalue weighted by molar-refractivity contribution is 6.02. The van der Waals surface area contributed by atoms with Crippen molar-refractivity contribution in [1.29, 1.82) is 0 Å². The lowest BCUT2D eigenvalue weighted by molar-refractivity contribution is -0.121. The van der Waals surface area contributed by atoms with Gasteiger partial charge in [0.2, 0.25) is 0 Å². The standard InChI is InChI=1S/C22H20N2O4/c25-17-9-11-24(12-10-17)14-15-5-7-16(8-6-15)23-22(27)21-13-19(26)18-3-1-2-4-20(18)28-21/h1-8,13H,9-12,14H2,(H,23,27). The number of anilines is 1. The van der Waals surface area contributed by atoms with E-state index in [4.69, 9.17) is 4.42 Å². The molecule has 1 fully saturated rings. The van der Waals surface area contributed by atoms with Crippen molar-refractivity contribution in [3.05, 3.63) is 76.1 Å². The highest BCUT2D eigenvalue weighted by Crippen LogP contribution is 2.16. The van der Waals surface area contributed by atoms with E-state index in [1.165, 1.54) is 6.07 Å². The number of likely N-dealkylation sites (tertiary alicyclic amines) is 1. The zero-order chi connectivity index (χ0) is 19.5. The van der Waals surface area contributed by atoms with Crippen molar-refractivity contribution in [3.63, 3.8) is 0 Å². The summed E-state index contributed by atoms with van der Waals surface area (Å²) in [6.45, 7) is 2.36. The molecule has 0 atom stereocenters. The van der Waals surface area contributed by atoms with Gasteiger partial charge in [-0.2, -0.15) is 0 Å². The Morgan fingerprint density at radius 3 is 2.46 bits per heavy atom. The number of nitrogens with zero attached hydrogens (tertiary/aromatic N) is 1. The summed E-state index contributed by atoms with van der Waals surface area (Å²) in [5, 5.41) is 3.20. The van der Waals surface area contributed by atoms with Gasteiger partial charge in [-0.3, -0.25) is 19.3 Å². The Kier molecular flexibility index (Phi) is 5.04. The third-order valence-corrected chi connectivity index (χ3v) is 4.89. The maximum absolute atomic E-state index is 12.5. The molecule has 2 heterocycles. The van der Waals surface area contributed by atoms with Gasteiger partial charge in [0.25, 0.3) is 5.91 Å². The summed E-state index contributed by atoms with van der Waals surface area (Å²) >= 11 is 0. The van der Waals surface area contributed by atoms with Crippen LogP contribution in [-0.4, -0.2) is 29.7 Å². The van der Waals surface area contributed by atoms with E-state index in [2.05, 4.69) is 10.2 Å². The molecular weight excluding hydrogens is 356 g/mol. The van der Waals surface area contributed by atoms with Crippen molar-refractivity contribution in [1.82, 2.24) is 4.90 Å². The fourth-order valence-electron chi connectivity index (χ4n) is 3.32. The summed E-state index contributed by atoms with van der Waals surface area (Å²) in [5.41, 5.74) is 1.88. The Bertz CT molecular complexity index is 1080. The number of amides is 1. The molecule has 1 saturated heterocycles. The fraction of sp³-hybridized carbons (Fsp3) is 0.227. The molecule has 0 radical (unpaired) electrons. The second kappa shape index (κ2) is 7.78. The van der Waals surface area contributed by atoms with Gasteiger partial charge in [0, 0.05) is 44.2 Å². The minimum absolute atomic E-state index is 0.0224. The van der Waals surface area contributed by atoms with Crippen LogP contribution in [0.15, 0.2) is 63.8 Å². The molecule has 1 aliphatic heterocycles. The van der Waals surface area contributed by atoms with Crippen LogP contribution in [0.3, 0.4) is 0 Å². The quantitative estimate of drug-likeness (QED) is 0.756. The molecule has 0 aliphatic carbocycles. The van der Waals surface area contributed by atoms with Crippen LogP contribution in [0.1, 0.15) is 29.0 Å². The van der Waals surface area contributed by atoms with Crippen LogP contribution in [-0.2, 0) is 11.3 Å². The van der Waals surface area contributed by atoms with Gasteiger partial charge in [0.05, 0.1) is 5.39 Å². The van der Waals surface area contributed by atoms with Gasteiger partial charge < -0.3 is 9.73 Å².